The average Bonchev–Trinajstić information content (AvgIpc) is 2.48. The fourth-order valence-corrected chi connectivity index (χ4v) is 2.31. The van der Waals surface area contributed by atoms with E-state index in [2.05, 4.69) is 53.8 Å². The highest BCUT2D eigenvalue weighted by atomic mass is 16.6. The molecule has 0 spiro atoms. The molecule has 1 heterocycles. The molecule has 1 aliphatic heterocycles. The van der Waals surface area contributed by atoms with Gasteiger partial charge in [0, 0.05) is 26.3 Å². The van der Waals surface area contributed by atoms with E-state index in [4.69, 9.17) is 9.31 Å². The molecule has 1 saturated heterocycles. The zero-order valence-corrected chi connectivity index (χ0v) is 11.4. The first-order valence-corrected chi connectivity index (χ1v) is 7.03. The van der Waals surface area contributed by atoms with Crippen molar-refractivity contribution in [3.05, 3.63) is 54.6 Å². The third-order valence-electron chi connectivity index (χ3n) is 3.39. The molecule has 2 aromatic rings. The van der Waals surface area contributed by atoms with Gasteiger partial charge in [-0.2, -0.15) is 0 Å². The number of hydrogen-bond donors (Lipinski definition) is 1. The summed E-state index contributed by atoms with van der Waals surface area (Å²) < 4.78 is 11.5. The Kier molecular flexibility index (Phi) is 4.48. The van der Waals surface area contributed by atoms with Crippen LogP contribution in [0.2, 0.25) is 0 Å². The largest absolute Gasteiger partial charge is 0.493 e. The smallest absolute Gasteiger partial charge is 0.406 e. The molecule has 0 unspecified atom stereocenters. The van der Waals surface area contributed by atoms with E-state index in [1.54, 1.807) is 0 Å². The zero-order valence-electron chi connectivity index (χ0n) is 11.4. The first-order chi connectivity index (χ1) is 9.93. The van der Waals surface area contributed by atoms with Crippen molar-refractivity contribution >= 4 is 12.6 Å². The van der Waals surface area contributed by atoms with E-state index in [9.17, 15) is 0 Å². The van der Waals surface area contributed by atoms with Gasteiger partial charge in [-0.25, -0.2) is 0 Å². The molecule has 2 aromatic carbocycles. The summed E-state index contributed by atoms with van der Waals surface area (Å²) in [4.78, 5) is 0. The van der Waals surface area contributed by atoms with Gasteiger partial charge in [-0.3, -0.25) is 0 Å². The molecule has 0 radical (unpaired) electrons. The molecule has 3 rings (SSSR count). The molecular weight excluding hydrogens is 249 g/mol. The summed E-state index contributed by atoms with van der Waals surface area (Å²) in [7, 11) is -0.248. The number of rotatable bonds is 2. The summed E-state index contributed by atoms with van der Waals surface area (Å²) in [5.41, 5.74) is 3.51. The number of hydrogen-bond acceptors (Lipinski definition) is 3. The van der Waals surface area contributed by atoms with Gasteiger partial charge in [-0.15, -0.1) is 0 Å². The monoisotopic (exact) mass is 267 g/mol. The SMILES string of the molecule is c1ccc(-c2ccc(B3OCCNCCO3)cc2)cc1. The zero-order chi connectivity index (χ0) is 13.6. The Hall–Kier alpha value is -1.62. The van der Waals surface area contributed by atoms with Crippen LogP contribution in [0.1, 0.15) is 0 Å². The summed E-state index contributed by atoms with van der Waals surface area (Å²) in [6.45, 7) is 3.10. The lowest BCUT2D eigenvalue weighted by Gasteiger charge is -2.19. The van der Waals surface area contributed by atoms with Crippen molar-refractivity contribution in [3.8, 4) is 11.1 Å². The Morgan fingerprint density at radius 2 is 1.35 bits per heavy atom. The highest BCUT2D eigenvalue weighted by Gasteiger charge is 2.22. The molecule has 102 valence electrons. The second kappa shape index (κ2) is 6.70. The molecule has 4 heteroatoms. The molecule has 20 heavy (non-hydrogen) atoms. The molecule has 1 fully saturated rings. The molecule has 0 aromatic heterocycles. The van der Waals surface area contributed by atoms with Crippen LogP contribution in [0.3, 0.4) is 0 Å². The summed E-state index contributed by atoms with van der Waals surface area (Å²) >= 11 is 0. The highest BCUT2D eigenvalue weighted by Crippen LogP contribution is 2.17. The Labute approximate surface area is 120 Å². The third kappa shape index (κ3) is 3.28. The summed E-state index contributed by atoms with van der Waals surface area (Å²) in [6.07, 6.45) is 0. The van der Waals surface area contributed by atoms with Crippen molar-refractivity contribution in [2.75, 3.05) is 26.3 Å². The van der Waals surface area contributed by atoms with Crippen molar-refractivity contribution < 1.29 is 9.31 Å². The van der Waals surface area contributed by atoms with Crippen LogP contribution in [0.5, 0.6) is 0 Å². The minimum absolute atomic E-state index is 0.248. The lowest BCUT2D eigenvalue weighted by atomic mass is 9.78. The van der Waals surface area contributed by atoms with Crippen LogP contribution in [-0.4, -0.2) is 33.4 Å². The number of nitrogens with one attached hydrogen (secondary N) is 1. The maximum Gasteiger partial charge on any atom is 0.493 e. The Balaban J connectivity index is 1.75. The first-order valence-electron chi connectivity index (χ1n) is 7.03. The van der Waals surface area contributed by atoms with E-state index in [1.165, 1.54) is 11.1 Å². The van der Waals surface area contributed by atoms with Crippen LogP contribution in [0, 0.1) is 0 Å². The van der Waals surface area contributed by atoms with E-state index in [1.807, 2.05) is 6.07 Å². The van der Waals surface area contributed by atoms with Crippen molar-refractivity contribution in [1.82, 2.24) is 5.32 Å². The van der Waals surface area contributed by atoms with Crippen LogP contribution in [-0.2, 0) is 9.31 Å². The van der Waals surface area contributed by atoms with E-state index in [0.29, 0.717) is 13.2 Å². The lowest BCUT2D eigenvalue weighted by molar-refractivity contribution is 0.187. The summed E-state index contributed by atoms with van der Waals surface area (Å²) in [6, 6.07) is 18.8. The Bertz CT molecular complexity index is 522. The van der Waals surface area contributed by atoms with Gasteiger partial charge >= 0.3 is 7.12 Å². The summed E-state index contributed by atoms with van der Waals surface area (Å²) in [5, 5.41) is 3.24. The fourth-order valence-electron chi connectivity index (χ4n) is 2.31. The van der Waals surface area contributed by atoms with Gasteiger partial charge in [0.25, 0.3) is 0 Å². The predicted octanol–water partition coefficient (Wildman–Crippen LogP) is 1.69. The highest BCUT2D eigenvalue weighted by molar-refractivity contribution is 6.61. The molecular formula is C16H18BNO2. The van der Waals surface area contributed by atoms with Gasteiger partial charge in [0.15, 0.2) is 0 Å². The van der Waals surface area contributed by atoms with Gasteiger partial charge in [0.05, 0.1) is 0 Å². The van der Waals surface area contributed by atoms with Gasteiger partial charge in [-0.1, -0.05) is 54.6 Å². The second-order valence-corrected chi connectivity index (χ2v) is 4.81. The van der Waals surface area contributed by atoms with Crippen molar-refractivity contribution in [3.63, 3.8) is 0 Å². The molecule has 1 aliphatic rings. The molecule has 3 nitrogen and oxygen atoms in total. The molecule has 0 atom stereocenters. The molecule has 0 amide bonds. The average molecular weight is 267 g/mol. The predicted molar refractivity (Wildman–Crippen MR) is 82.0 cm³/mol. The van der Waals surface area contributed by atoms with Crippen LogP contribution >= 0.6 is 0 Å². The van der Waals surface area contributed by atoms with E-state index >= 15 is 0 Å². The maximum atomic E-state index is 5.73. The van der Waals surface area contributed by atoms with Crippen LogP contribution in [0.4, 0.5) is 0 Å². The maximum absolute atomic E-state index is 5.73. The van der Waals surface area contributed by atoms with Crippen molar-refractivity contribution in [1.29, 1.82) is 0 Å². The minimum Gasteiger partial charge on any atom is -0.406 e. The molecule has 0 saturated carbocycles. The van der Waals surface area contributed by atoms with Crippen LogP contribution in [0.25, 0.3) is 11.1 Å². The topological polar surface area (TPSA) is 30.5 Å². The van der Waals surface area contributed by atoms with Crippen molar-refractivity contribution in [2.24, 2.45) is 0 Å². The van der Waals surface area contributed by atoms with E-state index in [-0.39, 0.29) is 7.12 Å². The van der Waals surface area contributed by atoms with Gasteiger partial charge in [-0.05, 0) is 16.6 Å². The molecule has 0 bridgehead atoms. The first kappa shape index (κ1) is 13.4. The second-order valence-electron chi connectivity index (χ2n) is 4.81. The van der Waals surface area contributed by atoms with E-state index < -0.39 is 0 Å². The fraction of sp³-hybridized carbons (Fsp3) is 0.250. The normalized spacial score (nSPS) is 16.5. The Morgan fingerprint density at radius 1 is 0.750 bits per heavy atom. The van der Waals surface area contributed by atoms with Crippen LogP contribution in [0.15, 0.2) is 54.6 Å². The van der Waals surface area contributed by atoms with Gasteiger partial charge in [0.1, 0.15) is 0 Å². The van der Waals surface area contributed by atoms with Crippen molar-refractivity contribution in [2.45, 2.75) is 0 Å². The van der Waals surface area contributed by atoms with Gasteiger partial charge in [0.2, 0.25) is 0 Å². The molecule has 0 aliphatic carbocycles. The van der Waals surface area contributed by atoms with Crippen LogP contribution < -0.4 is 10.8 Å². The molecule has 1 N–H and O–H groups in total. The lowest BCUT2D eigenvalue weighted by Crippen LogP contribution is -2.43. The summed E-state index contributed by atoms with van der Waals surface area (Å²) in [5.74, 6) is 0. The standard InChI is InChI=1S/C16H18BNO2/c1-2-4-14(5-3-1)15-6-8-16(9-7-15)17-19-12-10-18-11-13-20-17/h1-9,18H,10-13H2. The van der Waals surface area contributed by atoms with Gasteiger partial charge < -0.3 is 14.6 Å². The Morgan fingerprint density at radius 3 is 2.00 bits per heavy atom. The number of benzene rings is 2. The van der Waals surface area contributed by atoms with E-state index in [0.717, 1.165) is 18.6 Å². The quantitative estimate of drug-likeness (QED) is 0.840. The third-order valence-corrected chi connectivity index (χ3v) is 3.39. The minimum atomic E-state index is -0.248.